The van der Waals surface area contributed by atoms with Gasteiger partial charge in [-0.05, 0) is 32.0 Å². The second-order valence-electron chi connectivity index (χ2n) is 5.17. The minimum atomic E-state index is -3.67. The van der Waals surface area contributed by atoms with Gasteiger partial charge < -0.3 is 4.74 Å². The Morgan fingerprint density at radius 3 is 2.48 bits per heavy atom. The fourth-order valence-electron chi connectivity index (χ4n) is 2.24. The van der Waals surface area contributed by atoms with Crippen LogP contribution in [0.2, 0.25) is 0 Å². The maximum absolute atomic E-state index is 12.5. The van der Waals surface area contributed by atoms with E-state index in [0.29, 0.717) is 11.4 Å². The van der Waals surface area contributed by atoms with Crippen LogP contribution in [0.5, 0.6) is 5.75 Å². The zero-order valence-electron chi connectivity index (χ0n) is 13.0. The molecular formula is C16H16N2O3S2. The summed E-state index contributed by atoms with van der Waals surface area (Å²) in [5, 5.41) is 0.917. The molecule has 1 N–H and O–H groups in total. The third kappa shape index (κ3) is 3.16. The van der Waals surface area contributed by atoms with E-state index >= 15 is 0 Å². The van der Waals surface area contributed by atoms with E-state index in [1.807, 2.05) is 13.8 Å². The van der Waals surface area contributed by atoms with Gasteiger partial charge >= 0.3 is 0 Å². The number of fused-ring (bicyclic) bond motifs is 1. The fraction of sp³-hybridized carbons (Fsp3) is 0.188. The number of aryl methyl sites for hydroxylation is 2. The van der Waals surface area contributed by atoms with E-state index in [-0.39, 0.29) is 4.90 Å². The van der Waals surface area contributed by atoms with E-state index < -0.39 is 10.0 Å². The summed E-state index contributed by atoms with van der Waals surface area (Å²) in [5.41, 5.74) is 2.20. The average molecular weight is 348 g/mol. The summed E-state index contributed by atoms with van der Waals surface area (Å²) in [7, 11) is -2.17. The first-order valence-corrected chi connectivity index (χ1v) is 9.24. The van der Waals surface area contributed by atoms with Gasteiger partial charge in [0.2, 0.25) is 0 Å². The van der Waals surface area contributed by atoms with Crippen LogP contribution in [0.3, 0.4) is 0 Å². The summed E-state index contributed by atoms with van der Waals surface area (Å²) in [4.78, 5) is 4.60. The maximum atomic E-state index is 12.5. The lowest BCUT2D eigenvalue weighted by molar-refractivity contribution is 0.417. The second kappa shape index (κ2) is 5.82. The number of hydrogen-bond donors (Lipinski definition) is 1. The van der Waals surface area contributed by atoms with Gasteiger partial charge in [-0.15, -0.1) is 11.3 Å². The van der Waals surface area contributed by atoms with E-state index in [1.165, 1.54) is 18.4 Å². The SMILES string of the molecule is COc1cc2nc(C)sc2cc1NS(=O)(=O)c1ccc(C)cc1. The van der Waals surface area contributed by atoms with Crippen LogP contribution in [0.25, 0.3) is 10.2 Å². The lowest BCUT2D eigenvalue weighted by Gasteiger charge is -2.12. The molecule has 0 saturated heterocycles. The normalized spacial score (nSPS) is 11.6. The smallest absolute Gasteiger partial charge is 0.262 e. The molecule has 7 heteroatoms. The van der Waals surface area contributed by atoms with Crippen LogP contribution in [-0.2, 0) is 10.0 Å². The summed E-state index contributed by atoms with van der Waals surface area (Å²) in [6, 6.07) is 10.2. The standard InChI is InChI=1S/C16H16N2O3S2/c1-10-4-6-12(7-5-10)23(19,20)18-13-9-16-14(8-15(13)21-3)17-11(2)22-16/h4-9,18H,1-3H3. The Bertz CT molecular complexity index is 961. The van der Waals surface area contributed by atoms with Crippen LogP contribution >= 0.6 is 11.3 Å². The highest BCUT2D eigenvalue weighted by atomic mass is 32.2. The predicted octanol–water partition coefficient (Wildman–Crippen LogP) is 3.72. The van der Waals surface area contributed by atoms with Crippen molar-refractivity contribution in [1.82, 2.24) is 4.98 Å². The molecule has 0 radical (unpaired) electrons. The molecule has 5 nitrogen and oxygen atoms in total. The number of nitrogens with one attached hydrogen (secondary N) is 1. The number of sulfonamides is 1. The van der Waals surface area contributed by atoms with Crippen molar-refractivity contribution in [1.29, 1.82) is 0 Å². The Hall–Kier alpha value is -2.12. The Morgan fingerprint density at radius 1 is 1.13 bits per heavy atom. The lowest BCUT2D eigenvalue weighted by Crippen LogP contribution is -2.13. The molecule has 0 aliphatic rings. The molecule has 120 valence electrons. The summed E-state index contributed by atoms with van der Waals surface area (Å²) < 4.78 is 33.9. The van der Waals surface area contributed by atoms with Gasteiger partial charge in [-0.1, -0.05) is 17.7 Å². The highest BCUT2D eigenvalue weighted by Gasteiger charge is 2.18. The third-order valence-corrected chi connectivity index (χ3v) is 5.71. The number of aromatic nitrogens is 1. The number of methoxy groups -OCH3 is 1. The van der Waals surface area contributed by atoms with Crippen LogP contribution in [0.4, 0.5) is 5.69 Å². The first-order chi connectivity index (χ1) is 10.9. The van der Waals surface area contributed by atoms with E-state index in [1.54, 1.807) is 36.4 Å². The highest BCUT2D eigenvalue weighted by molar-refractivity contribution is 7.92. The van der Waals surface area contributed by atoms with E-state index in [2.05, 4.69) is 9.71 Å². The number of nitrogens with zero attached hydrogens (tertiary/aromatic N) is 1. The van der Waals surface area contributed by atoms with E-state index in [0.717, 1.165) is 20.8 Å². The molecule has 0 aliphatic heterocycles. The molecule has 0 amide bonds. The van der Waals surface area contributed by atoms with Crippen LogP contribution < -0.4 is 9.46 Å². The molecular weight excluding hydrogens is 332 g/mol. The van der Waals surface area contributed by atoms with Gasteiger partial charge in [0.25, 0.3) is 10.0 Å². The topological polar surface area (TPSA) is 68.3 Å². The molecule has 0 aliphatic carbocycles. The number of thiazole rings is 1. The van der Waals surface area contributed by atoms with Crippen molar-refractivity contribution in [2.45, 2.75) is 18.7 Å². The third-order valence-electron chi connectivity index (χ3n) is 3.39. The molecule has 0 saturated carbocycles. The maximum Gasteiger partial charge on any atom is 0.262 e. The summed E-state index contributed by atoms with van der Waals surface area (Å²) >= 11 is 1.51. The number of anilines is 1. The molecule has 0 unspecified atom stereocenters. The number of ether oxygens (including phenoxy) is 1. The number of rotatable bonds is 4. The average Bonchev–Trinajstić information content (AvgIpc) is 2.85. The molecule has 1 heterocycles. The van der Waals surface area contributed by atoms with Crippen molar-refractivity contribution < 1.29 is 13.2 Å². The zero-order valence-corrected chi connectivity index (χ0v) is 14.6. The fourth-order valence-corrected chi connectivity index (χ4v) is 4.15. The quantitative estimate of drug-likeness (QED) is 0.780. The van der Waals surface area contributed by atoms with Gasteiger partial charge in [0, 0.05) is 6.07 Å². The van der Waals surface area contributed by atoms with Crippen LogP contribution in [0.15, 0.2) is 41.3 Å². The van der Waals surface area contributed by atoms with Crippen molar-refractivity contribution in [3.8, 4) is 5.75 Å². The number of hydrogen-bond acceptors (Lipinski definition) is 5. The largest absolute Gasteiger partial charge is 0.494 e. The molecule has 0 spiro atoms. The molecule has 0 atom stereocenters. The van der Waals surface area contributed by atoms with Crippen molar-refractivity contribution in [3.63, 3.8) is 0 Å². The van der Waals surface area contributed by atoms with Crippen molar-refractivity contribution >= 4 is 37.3 Å². The molecule has 3 rings (SSSR count). The first kappa shape index (κ1) is 15.8. The van der Waals surface area contributed by atoms with Crippen molar-refractivity contribution in [2.24, 2.45) is 0 Å². The van der Waals surface area contributed by atoms with Gasteiger partial charge in [-0.2, -0.15) is 0 Å². The first-order valence-electron chi connectivity index (χ1n) is 6.94. The van der Waals surface area contributed by atoms with Gasteiger partial charge in [0.05, 0.1) is 32.9 Å². The summed E-state index contributed by atoms with van der Waals surface area (Å²) in [6.07, 6.45) is 0. The molecule has 3 aromatic rings. The van der Waals surface area contributed by atoms with Crippen LogP contribution in [-0.4, -0.2) is 20.5 Å². The Balaban J connectivity index is 2.04. The molecule has 23 heavy (non-hydrogen) atoms. The minimum absolute atomic E-state index is 0.214. The molecule has 2 aromatic carbocycles. The lowest BCUT2D eigenvalue weighted by atomic mass is 10.2. The van der Waals surface area contributed by atoms with Gasteiger partial charge in [-0.3, -0.25) is 4.72 Å². The second-order valence-corrected chi connectivity index (χ2v) is 8.09. The van der Waals surface area contributed by atoms with Gasteiger partial charge in [-0.25, -0.2) is 13.4 Å². The van der Waals surface area contributed by atoms with E-state index in [9.17, 15) is 8.42 Å². The highest BCUT2D eigenvalue weighted by Crippen LogP contribution is 2.34. The van der Waals surface area contributed by atoms with Crippen LogP contribution in [0.1, 0.15) is 10.6 Å². The Morgan fingerprint density at radius 2 is 1.83 bits per heavy atom. The molecule has 0 fully saturated rings. The van der Waals surface area contributed by atoms with Crippen LogP contribution in [0, 0.1) is 13.8 Å². The summed E-state index contributed by atoms with van der Waals surface area (Å²) in [5.74, 6) is 0.443. The van der Waals surface area contributed by atoms with Gasteiger partial charge in [0.15, 0.2) is 0 Å². The zero-order chi connectivity index (χ0) is 16.6. The summed E-state index contributed by atoms with van der Waals surface area (Å²) in [6.45, 7) is 3.82. The monoisotopic (exact) mass is 348 g/mol. The van der Waals surface area contributed by atoms with Crippen molar-refractivity contribution in [3.05, 3.63) is 47.0 Å². The van der Waals surface area contributed by atoms with Gasteiger partial charge in [0.1, 0.15) is 5.75 Å². The van der Waals surface area contributed by atoms with Crippen molar-refractivity contribution in [2.75, 3.05) is 11.8 Å². The number of benzene rings is 2. The Labute approximate surface area is 139 Å². The van der Waals surface area contributed by atoms with E-state index in [4.69, 9.17) is 4.74 Å². The molecule has 0 bridgehead atoms. The minimum Gasteiger partial charge on any atom is -0.494 e. The molecule has 1 aromatic heterocycles. The Kier molecular flexibility index (Phi) is 3.99. The predicted molar refractivity (Wildman–Crippen MR) is 92.9 cm³/mol.